The number of aromatic nitrogens is 2. The highest BCUT2D eigenvalue weighted by Gasteiger charge is 2.22. The molecule has 0 saturated carbocycles. The molecule has 6 nitrogen and oxygen atoms in total. The summed E-state index contributed by atoms with van der Waals surface area (Å²) in [6.07, 6.45) is 2.19. The number of rotatable bonds is 3. The van der Waals surface area contributed by atoms with Gasteiger partial charge < -0.3 is 5.11 Å². The van der Waals surface area contributed by atoms with E-state index in [9.17, 15) is 15.2 Å². The van der Waals surface area contributed by atoms with Crippen LogP contribution in [0.3, 0.4) is 0 Å². The average molecular weight is 261 g/mol. The summed E-state index contributed by atoms with van der Waals surface area (Å²) in [7, 11) is 0. The molecule has 1 aromatic heterocycles. The van der Waals surface area contributed by atoms with Gasteiger partial charge in [0.15, 0.2) is 0 Å². The Labute approximate surface area is 109 Å². The van der Waals surface area contributed by atoms with Gasteiger partial charge in [-0.2, -0.15) is 5.10 Å². The first-order valence-electron chi connectivity index (χ1n) is 6.41. The molecule has 1 aliphatic rings. The molecule has 1 aromatic carbocycles. The third kappa shape index (κ3) is 1.98. The molecule has 19 heavy (non-hydrogen) atoms. The molecule has 6 heteroatoms. The van der Waals surface area contributed by atoms with E-state index in [0.717, 1.165) is 41.4 Å². The summed E-state index contributed by atoms with van der Waals surface area (Å²) in [6, 6.07) is 3.21. The highest BCUT2D eigenvalue weighted by Crippen LogP contribution is 2.33. The smallest absolute Gasteiger partial charge is 0.271 e. The lowest BCUT2D eigenvalue weighted by atomic mass is 9.94. The van der Waals surface area contributed by atoms with Crippen molar-refractivity contribution < 1.29 is 10.0 Å². The fraction of sp³-hybridized carbons (Fsp3) is 0.462. The van der Waals surface area contributed by atoms with Crippen LogP contribution in [-0.4, -0.2) is 25.9 Å². The molecule has 1 heterocycles. The molecule has 100 valence electrons. The molecule has 1 atom stereocenters. The Kier molecular flexibility index (Phi) is 2.74. The zero-order chi connectivity index (χ0) is 13.6. The van der Waals surface area contributed by atoms with Crippen LogP contribution in [0.4, 0.5) is 5.69 Å². The lowest BCUT2D eigenvalue weighted by molar-refractivity contribution is -0.384. The van der Waals surface area contributed by atoms with Crippen molar-refractivity contribution in [3.63, 3.8) is 0 Å². The van der Waals surface area contributed by atoms with E-state index >= 15 is 0 Å². The molecule has 1 aliphatic carbocycles. The molecule has 2 aromatic rings. The molecule has 0 spiro atoms. The van der Waals surface area contributed by atoms with Crippen molar-refractivity contribution in [3.05, 3.63) is 33.5 Å². The number of nitro groups is 1. The molecular formula is C13H15N3O3. The van der Waals surface area contributed by atoms with Gasteiger partial charge in [-0.25, -0.2) is 0 Å². The largest absolute Gasteiger partial charge is 0.391 e. The van der Waals surface area contributed by atoms with Crippen LogP contribution in [0.15, 0.2) is 12.1 Å². The monoisotopic (exact) mass is 261 g/mol. The Hall–Kier alpha value is -1.95. The van der Waals surface area contributed by atoms with E-state index in [2.05, 4.69) is 5.10 Å². The van der Waals surface area contributed by atoms with Crippen molar-refractivity contribution in [2.75, 3.05) is 0 Å². The molecule has 0 amide bonds. The van der Waals surface area contributed by atoms with Gasteiger partial charge in [0.25, 0.3) is 5.69 Å². The molecule has 0 radical (unpaired) electrons. The van der Waals surface area contributed by atoms with Crippen molar-refractivity contribution in [1.29, 1.82) is 0 Å². The van der Waals surface area contributed by atoms with Crippen molar-refractivity contribution >= 4 is 16.6 Å². The van der Waals surface area contributed by atoms with E-state index in [1.165, 1.54) is 0 Å². The maximum atomic E-state index is 11.0. The second-order valence-corrected chi connectivity index (χ2v) is 5.09. The topological polar surface area (TPSA) is 81.2 Å². The minimum absolute atomic E-state index is 0.0997. The molecule has 0 saturated heterocycles. The van der Waals surface area contributed by atoms with Gasteiger partial charge in [0.05, 0.1) is 28.8 Å². The second kappa shape index (κ2) is 4.31. The molecule has 3 rings (SSSR count). The number of nitro benzene ring substituents is 1. The van der Waals surface area contributed by atoms with E-state index in [-0.39, 0.29) is 10.6 Å². The zero-order valence-corrected chi connectivity index (χ0v) is 10.7. The Bertz CT molecular complexity index is 661. The van der Waals surface area contributed by atoms with Crippen LogP contribution < -0.4 is 0 Å². The number of hydrogen-bond donors (Lipinski definition) is 1. The third-order valence-corrected chi connectivity index (χ3v) is 3.50. The summed E-state index contributed by atoms with van der Waals surface area (Å²) < 4.78 is 1.69. The van der Waals surface area contributed by atoms with E-state index in [4.69, 9.17) is 0 Å². The Morgan fingerprint density at radius 3 is 3.00 bits per heavy atom. The Morgan fingerprint density at radius 1 is 1.53 bits per heavy atom. The number of non-ortho nitro benzene ring substituents is 1. The normalized spacial score (nSPS) is 15.7. The Balaban J connectivity index is 2.26. The maximum Gasteiger partial charge on any atom is 0.271 e. The van der Waals surface area contributed by atoms with E-state index in [0.29, 0.717) is 6.54 Å². The first-order chi connectivity index (χ1) is 9.06. The summed E-state index contributed by atoms with van der Waals surface area (Å²) in [5, 5.41) is 26.0. The van der Waals surface area contributed by atoms with Crippen LogP contribution in [0.5, 0.6) is 0 Å². The summed E-state index contributed by atoms with van der Waals surface area (Å²) in [5.41, 5.74) is 2.86. The van der Waals surface area contributed by atoms with Gasteiger partial charge in [-0.1, -0.05) is 0 Å². The van der Waals surface area contributed by atoms with Crippen LogP contribution in [0.1, 0.15) is 24.6 Å². The number of aliphatic hydroxyl groups is 1. The lowest BCUT2D eigenvalue weighted by Crippen LogP contribution is -2.13. The van der Waals surface area contributed by atoms with Crippen LogP contribution in [0, 0.1) is 10.1 Å². The van der Waals surface area contributed by atoms with Gasteiger partial charge in [0.2, 0.25) is 0 Å². The summed E-state index contributed by atoms with van der Waals surface area (Å²) in [5.74, 6) is 0. The minimum atomic E-state index is -0.528. The molecular weight excluding hydrogens is 246 g/mol. The van der Waals surface area contributed by atoms with Crippen molar-refractivity contribution in [2.24, 2.45) is 0 Å². The van der Waals surface area contributed by atoms with E-state index in [1.807, 2.05) is 0 Å². The van der Waals surface area contributed by atoms with Gasteiger partial charge in [-0.3, -0.25) is 14.8 Å². The summed E-state index contributed by atoms with van der Waals surface area (Å²) in [6.45, 7) is 2.04. The summed E-state index contributed by atoms with van der Waals surface area (Å²) in [4.78, 5) is 10.6. The van der Waals surface area contributed by atoms with Crippen LogP contribution in [-0.2, 0) is 19.4 Å². The minimum Gasteiger partial charge on any atom is -0.391 e. The van der Waals surface area contributed by atoms with Crippen LogP contribution in [0.25, 0.3) is 10.9 Å². The van der Waals surface area contributed by atoms with E-state index in [1.54, 1.807) is 23.7 Å². The molecule has 0 aliphatic heterocycles. The second-order valence-electron chi connectivity index (χ2n) is 5.09. The number of aliphatic hydroxyl groups excluding tert-OH is 1. The maximum absolute atomic E-state index is 11.0. The zero-order valence-electron chi connectivity index (χ0n) is 10.7. The first-order valence-corrected chi connectivity index (χ1v) is 6.41. The third-order valence-electron chi connectivity index (χ3n) is 3.50. The predicted octanol–water partition coefficient (Wildman–Crippen LogP) is 1.81. The number of hydrogen-bond acceptors (Lipinski definition) is 4. The number of aryl methyl sites for hydroxylation is 2. The quantitative estimate of drug-likeness (QED) is 0.675. The SMILES string of the molecule is CC(O)Cn1nc2c3c(cc([N+](=O)[O-])cc31)CCC2. The average Bonchev–Trinajstić information content (AvgIpc) is 2.68. The van der Waals surface area contributed by atoms with E-state index < -0.39 is 6.10 Å². The highest BCUT2D eigenvalue weighted by molar-refractivity contribution is 5.88. The fourth-order valence-electron chi connectivity index (χ4n) is 2.77. The van der Waals surface area contributed by atoms with Crippen LogP contribution in [0.2, 0.25) is 0 Å². The van der Waals surface area contributed by atoms with Gasteiger partial charge in [0, 0.05) is 17.5 Å². The molecule has 1 unspecified atom stereocenters. The highest BCUT2D eigenvalue weighted by atomic mass is 16.6. The fourth-order valence-corrected chi connectivity index (χ4v) is 2.77. The van der Waals surface area contributed by atoms with Crippen molar-refractivity contribution in [3.8, 4) is 0 Å². The molecule has 0 bridgehead atoms. The van der Waals surface area contributed by atoms with Crippen molar-refractivity contribution in [1.82, 2.24) is 9.78 Å². The standard InChI is InChI=1S/C13H15N3O3/c1-8(17)7-15-12-6-10(16(18)19)5-9-3-2-4-11(14-15)13(9)12/h5-6,8,17H,2-4,7H2,1H3. The predicted molar refractivity (Wildman–Crippen MR) is 70.1 cm³/mol. The number of nitrogens with zero attached hydrogens (tertiary/aromatic N) is 3. The molecule has 0 fully saturated rings. The number of benzene rings is 1. The van der Waals surface area contributed by atoms with Gasteiger partial charge in [0.1, 0.15) is 0 Å². The first kappa shape index (κ1) is 12.1. The van der Waals surface area contributed by atoms with Crippen LogP contribution >= 0.6 is 0 Å². The van der Waals surface area contributed by atoms with Gasteiger partial charge >= 0.3 is 0 Å². The molecule has 1 N–H and O–H groups in total. The summed E-state index contributed by atoms with van der Waals surface area (Å²) >= 11 is 0. The van der Waals surface area contributed by atoms with Gasteiger partial charge in [-0.05, 0) is 31.7 Å². The Morgan fingerprint density at radius 2 is 2.32 bits per heavy atom. The van der Waals surface area contributed by atoms with Gasteiger partial charge in [-0.15, -0.1) is 0 Å². The lowest BCUT2D eigenvalue weighted by Gasteiger charge is -2.10. The van der Waals surface area contributed by atoms with Crippen molar-refractivity contribution in [2.45, 2.75) is 38.8 Å².